The number of hydrogen-bond donors (Lipinski definition) is 1. The van der Waals surface area contributed by atoms with Gasteiger partial charge in [-0.25, -0.2) is 4.98 Å². The highest BCUT2D eigenvalue weighted by Gasteiger charge is 2.18. The fraction of sp³-hybridized carbons (Fsp3) is 0.545. The zero-order valence-electron chi connectivity index (χ0n) is 8.61. The van der Waals surface area contributed by atoms with Crippen molar-refractivity contribution in [3.8, 4) is 0 Å². The van der Waals surface area contributed by atoms with Crippen molar-refractivity contribution in [1.82, 2.24) is 10.3 Å². The standard InChI is InChI=1S/C11H17N3/c1-14(10-5-4-7-12-9-10)11-6-2-3-8-13-11/h2-3,6,8,10,12H,4-5,7,9H2,1H3/t10-/m1/s1. The lowest BCUT2D eigenvalue weighted by molar-refractivity contribution is 0.443. The Labute approximate surface area is 85.1 Å². The molecule has 1 aromatic rings. The van der Waals surface area contributed by atoms with Gasteiger partial charge in [0.05, 0.1) is 0 Å². The first-order valence-electron chi connectivity index (χ1n) is 5.22. The van der Waals surface area contributed by atoms with Crippen molar-refractivity contribution in [2.45, 2.75) is 18.9 Å². The molecule has 76 valence electrons. The molecule has 1 fully saturated rings. The second-order valence-electron chi connectivity index (χ2n) is 3.80. The second-order valence-corrected chi connectivity index (χ2v) is 3.80. The lowest BCUT2D eigenvalue weighted by Crippen LogP contribution is -2.44. The van der Waals surface area contributed by atoms with Gasteiger partial charge in [-0.3, -0.25) is 0 Å². The fourth-order valence-corrected chi connectivity index (χ4v) is 1.91. The Bertz CT molecular complexity index is 267. The zero-order valence-corrected chi connectivity index (χ0v) is 8.61. The van der Waals surface area contributed by atoms with Crippen LogP contribution in [0.15, 0.2) is 24.4 Å². The van der Waals surface area contributed by atoms with E-state index >= 15 is 0 Å². The molecular formula is C11H17N3. The molecule has 0 aliphatic carbocycles. The largest absolute Gasteiger partial charge is 0.355 e. The number of anilines is 1. The summed E-state index contributed by atoms with van der Waals surface area (Å²) in [5.74, 6) is 1.07. The highest BCUT2D eigenvalue weighted by Crippen LogP contribution is 2.15. The van der Waals surface area contributed by atoms with Gasteiger partial charge in [0, 0.05) is 25.8 Å². The van der Waals surface area contributed by atoms with Crippen molar-refractivity contribution in [1.29, 1.82) is 0 Å². The van der Waals surface area contributed by atoms with E-state index in [1.165, 1.54) is 12.8 Å². The molecular weight excluding hydrogens is 174 g/mol. The molecule has 3 nitrogen and oxygen atoms in total. The Morgan fingerprint density at radius 1 is 1.50 bits per heavy atom. The first-order chi connectivity index (χ1) is 6.88. The van der Waals surface area contributed by atoms with Crippen LogP contribution < -0.4 is 10.2 Å². The van der Waals surface area contributed by atoms with E-state index in [0.717, 1.165) is 18.9 Å². The monoisotopic (exact) mass is 191 g/mol. The first kappa shape index (κ1) is 9.46. The van der Waals surface area contributed by atoms with Gasteiger partial charge in [0.2, 0.25) is 0 Å². The van der Waals surface area contributed by atoms with Crippen molar-refractivity contribution in [2.75, 3.05) is 25.0 Å². The van der Waals surface area contributed by atoms with Crippen LogP contribution in [-0.4, -0.2) is 31.2 Å². The summed E-state index contributed by atoms with van der Waals surface area (Å²) in [6.45, 7) is 2.24. The third-order valence-electron chi connectivity index (χ3n) is 2.83. The minimum atomic E-state index is 0.596. The van der Waals surface area contributed by atoms with Gasteiger partial charge >= 0.3 is 0 Å². The van der Waals surface area contributed by atoms with Gasteiger partial charge in [-0.2, -0.15) is 0 Å². The van der Waals surface area contributed by atoms with Crippen molar-refractivity contribution in [2.24, 2.45) is 0 Å². The Balaban J connectivity index is 2.03. The van der Waals surface area contributed by atoms with Crippen LogP contribution in [-0.2, 0) is 0 Å². The van der Waals surface area contributed by atoms with E-state index in [9.17, 15) is 0 Å². The van der Waals surface area contributed by atoms with Gasteiger partial charge in [0.15, 0.2) is 0 Å². The number of nitrogens with one attached hydrogen (secondary N) is 1. The predicted octanol–water partition coefficient (Wildman–Crippen LogP) is 1.27. The molecule has 0 saturated carbocycles. The Morgan fingerprint density at radius 2 is 2.43 bits per heavy atom. The predicted molar refractivity (Wildman–Crippen MR) is 58.5 cm³/mol. The van der Waals surface area contributed by atoms with Gasteiger partial charge in [0.25, 0.3) is 0 Å². The summed E-state index contributed by atoms with van der Waals surface area (Å²) in [6, 6.07) is 6.65. The van der Waals surface area contributed by atoms with E-state index in [1.54, 1.807) is 0 Å². The maximum atomic E-state index is 4.35. The summed E-state index contributed by atoms with van der Waals surface area (Å²) < 4.78 is 0. The maximum Gasteiger partial charge on any atom is 0.128 e. The average Bonchev–Trinajstić information content (AvgIpc) is 2.30. The van der Waals surface area contributed by atoms with E-state index in [0.29, 0.717) is 6.04 Å². The molecule has 0 unspecified atom stereocenters. The van der Waals surface area contributed by atoms with Crippen molar-refractivity contribution < 1.29 is 0 Å². The molecule has 0 spiro atoms. The number of likely N-dealkylation sites (N-methyl/N-ethyl adjacent to an activating group) is 1. The topological polar surface area (TPSA) is 28.2 Å². The minimum Gasteiger partial charge on any atom is -0.355 e. The van der Waals surface area contributed by atoms with Crippen molar-refractivity contribution >= 4 is 5.82 Å². The highest BCUT2D eigenvalue weighted by molar-refractivity contribution is 5.38. The molecule has 14 heavy (non-hydrogen) atoms. The number of aromatic nitrogens is 1. The quantitative estimate of drug-likeness (QED) is 0.763. The smallest absolute Gasteiger partial charge is 0.128 e. The minimum absolute atomic E-state index is 0.596. The van der Waals surface area contributed by atoms with E-state index in [1.807, 2.05) is 18.3 Å². The normalized spacial score (nSPS) is 21.9. The van der Waals surface area contributed by atoms with Gasteiger partial charge in [-0.15, -0.1) is 0 Å². The van der Waals surface area contributed by atoms with E-state index in [2.05, 4.69) is 28.3 Å². The fourth-order valence-electron chi connectivity index (χ4n) is 1.91. The van der Waals surface area contributed by atoms with Crippen LogP contribution >= 0.6 is 0 Å². The molecule has 0 aromatic carbocycles. The molecule has 1 saturated heterocycles. The van der Waals surface area contributed by atoms with Gasteiger partial charge in [-0.1, -0.05) is 6.07 Å². The second kappa shape index (κ2) is 4.42. The van der Waals surface area contributed by atoms with Crippen LogP contribution in [0.1, 0.15) is 12.8 Å². The Morgan fingerprint density at radius 3 is 3.07 bits per heavy atom. The molecule has 2 heterocycles. The van der Waals surface area contributed by atoms with Crippen LogP contribution in [0.2, 0.25) is 0 Å². The molecule has 0 radical (unpaired) electrons. The molecule has 1 atom stereocenters. The first-order valence-corrected chi connectivity index (χ1v) is 5.22. The summed E-state index contributed by atoms with van der Waals surface area (Å²) in [5, 5.41) is 3.42. The lowest BCUT2D eigenvalue weighted by atomic mass is 10.1. The number of pyridine rings is 1. The average molecular weight is 191 g/mol. The molecule has 1 N–H and O–H groups in total. The van der Waals surface area contributed by atoms with Crippen molar-refractivity contribution in [3.05, 3.63) is 24.4 Å². The summed E-state index contributed by atoms with van der Waals surface area (Å²) in [7, 11) is 2.12. The lowest BCUT2D eigenvalue weighted by Gasteiger charge is -2.32. The summed E-state index contributed by atoms with van der Waals surface area (Å²) in [4.78, 5) is 6.62. The number of piperidine rings is 1. The van der Waals surface area contributed by atoms with E-state index in [4.69, 9.17) is 0 Å². The highest BCUT2D eigenvalue weighted by atomic mass is 15.2. The maximum absolute atomic E-state index is 4.35. The summed E-state index contributed by atoms with van der Waals surface area (Å²) in [5.41, 5.74) is 0. The molecule has 1 aliphatic rings. The number of hydrogen-bond acceptors (Lipinski definition) is 3. The molecule has 0 amide bonds. The van der Waals surface area contributed by atoms with Crippen LogP contribution in [0.4, 0.5) is 5.82 Å². The molecule has 0 bridgehead atoms. The molecule has 3 heteroatoms. The Kier molecular flexibility index (Phi) is 2.99. The van der Waals surface area contributed by atoms with Crippen LogP contribution in [0.3, 0.4) is 0 Å². The third-order valence-corrected chi connectivity index (χ3v) is 2.83. The molecule has 1 aliphatic heterocycles. The Hall–Kier alpha value is -1.09. The van der Waals surface area contributed by atoms with E-state index < -0.39 is 0 Å². The summed E-state index contributed by atoms with van der Waals surface area (Å²) in [6.07, 6.45) is 4.38. The summed E-state index contributed by atoms with van der Waals surface area (Å²) >= 11 is 0. The molecule has 2 rings (SSSR count). The number of rotatable bonds is 2. The molecule has 1 aromatic heterocycles. The van der Waals surface area contributed by atoms with Gasteiger partial charge in [-0.05, 0) is 31.5 Å². The van der Waals surface area contributed by atoms with Crippen molar-refractivity contribution in [3.63, 3.8) is 0 Å². The van der Waals surface area contributed by atoms with Crippen LogP contribution in [0.5, 0.6) is 0 Å². The van der Waals surface area contributed by atoms with Gasteiger partial charge < -0.3 is 10.2 Å². The van der Waals surface area contributed by atoms with E-state index in [-0.39, 0.29) is 0 Å². The van der Waals surface area contributed by atoms with Crippen LogP contribution in [0.25, 0.3) is 0 Å². The zero-order chi connectivity index (χ0) is 9.80. The SMILES string of the molecule is CN(c1ccccn1)[C@@H]1CCCNC1. The van der Waals surface area contributed by atoms with Crippen LogP contribution in [0, 0.1) is 0 Å². The third kappa shape index (κ3) is 2.04. The van der Waals surface area contributed by atoms with Gasteiger partial charge in [0.1, 0.15) is 5.82 Å². The number of nitrogens with zero attached hydrogens (tertiary/aromatic N) is 2.